The van der Waals surface area contributed by atoms with Crippen LogP contribution in [-0.4, -0.2) is 58.7 Å². The lowest BCUT2D eigenvalue weighted by Crippen LogP contribution is -2.83. The van der Waals surface area contributed by atoms with Gasteiger partial charge < -0.3 is 19.7 Å². The molecule has 2 N–H and O–H groups in total. The van der Waals surface area contributed by atoms with Crippen molar-refractivity contribution in [2.24, 2.45) is 16.7 Å². The first kappa shape index (κ1) is 24.9. The maximum atomic E-state index is 12.3. The van der Waals surface area contributed by atoms with Crippen LogP contribution in [0, 0.1) is 16.7 Å². The van der Waals surface area contributed by atoms with Crippen LogP contribution in [0.2, 0.25) is 0 Å². The molecule has 5 heteroatoms. The Kier molecular flexibility index (Phi) is 5.10. The molecule has 4 fully saturated rings. The maximum absolute atomic E-state index is 12.3. The molecule has 3 saturated carbocycles. The van der Waals surface area contributed by atoms with Crippen molar-refractivity contribution < 1.29 is 19.7 Å². The summed E-state index contributed by atoms with van der Waals surface area (Å²) in [5.74, 6) is 0.867. The number of methoxy groups -OCH3 is 1. The number of phenolic OH excluding ortho intramolecular Hbond substituents is 1. The van der Waals surface area contributed by atoms with E-state index < -0.39 is 11.2 Å². The van der Waals surface area contributed by atoms with Crippen LogP contribution < -0.4 is 4.74 Å². The van der Waals surface area contributed by atoms with Crippen molar-refractivity contribution in [3.63, 3.8) is 0 Å². The van der Waals surface area contributed by atoms with Gasteiger partial charge in [0.1, 0.15) is 11.7 Å². The summed E-state index contributed by atoms with van der Waals surface area (Å²) in [5, 5.41) is 23.3. The molecule has 2 spiro atoms. The highest BCUT2D eigenvalue weighted by Gasteiger charge is 2.82. The molecule has 0 amide bonds. The molecule has 2 aromatic carbocycles. The third kappa shape index (κ3) is 2.78. The van der Waals surface area contributed by atoms with E-state index in [-0.39, 0.29) is 34.0 Å². The molecule has 38 heavy (non-hydrogen) atoms. The van der Waals surface area contributed by atoms with E-state index in [1.165, 1.54) is 16.7 Å². The number of phenols is 1. The minimum Gasteiger partial charge on any atom is -0.504 e. The Morgan fingerprint density at radius 2 is 1.82 bits per heavy atom. The molecule has 0 radical (unpaired) electrons. The van der Waals surface area contributed by atoms with E-state index >= 15 is 0 Å². The third-order valence-electron chi connectivity index (χ3n) is 12.2. The van der Waals surface area contributed by atoms with Gasteiger partial charge in [-0.25, -0.2) is 0 Å². The summed E-state index contributed by atoms with van der Waals surface area (Å²) in [5.41, 5.74) is 1.89. The average molecular weight is 518 g/mol. The van der Waals surface area contributed by atoms with Crippen LogP contribution in [0.5, 0.6) is 11.5 Å². The zero-order valence-corrected chi connectivity index (χ0v) is 23.6. The number of aliphatic hydroxyl groups is 1. The molecular weight excluding hydrogens is 474 g/mol. The first-order valence-corrected chi connectivity index (χ1v) is 14.6. The number of nitrogens with zero attached hydrogens (tertiary/aromatic N) is 1. The molecule has 6 aliphatic rings. The molecule has 5 nitrogen and oxygen atoms in total. The van der Waals surface area contributed by atoms with E-state index in [0.717, 1.165) is 51.6 Å². The van der Waals surface area contributed by atoms with Crippen LogP contribution in [0.25, 0.3) is 0 Å². The lowest BCUT2D eigenvalue weighted by molar-refractivity contribution is -0.312. The van der Waals surface area contributed by atoms with Crippen LogP contribution >= 0.6 is 0 Å². The van der Waals surface area contributed by atoms with E-state index in [4.69, 9.17) is 9.47 Å². The van der Waals surface area contributed by atoms with E-state index in [1.807, 2.05) is 20.1 Å². The van der Waals surface area contributed by atoms with Gasteiger partial charge in [-0.05, 0) is 74.6 Å². The largest absolute Gasteiger partial charge is 0.504 e. The van der Waals surface area contributed by atoms with Gasteiger partial charge in [0.05, 0.1) is 5.60 Å². The van der Waals surface area contributed by atoms with E-state index in [9.17, 15) is 10.2 Å². The number of likely N-dealkylation sites (tertiary alicyclic amines) is 1. The predicted octanol–water partition coefficient (Wildman–Crippen LogP) is 5.25. The summed E-state index contributed by atoms with van der Waals surface area (Å²) in [6.07, 6.45) is 5.67. The molecule has 8 rings (SSSR count). The van der Waals surface area contributed by atoms with Crippen LogP contribution in [0.1, 0.15) is 70.1 Å². The summed E-state index contributed by atoms with van der Waals surface area (Å²) in [7, 11) is 1.82. The van der Waals surface area contributed by atoms with Crippen molar-refractivity contribution >= 4 is 0 Å². The van der Waals surface area contributed by atoms with Crippen molar-refractivity contribution in [1.82, 2.24) is 4.90 Å². The quantitative estimate of drug-likeness (QED) is 0.568. The Bertz CT molecular complexity index is 1270. The summed E-state index contributed by atoms with van der Waals surface area (Å²) in [6, 6.07) is 15.2. The Labute approximate surface area is 227 Å². The average Bonchev–Trinajstić information content (AvgIpc) is 3.27. The zero-order valence-electron chi connectivity index (χ0n) is 23.6. The molecule has 2 aromatic rings. The Hall–Kier alpha value is -2.08. The summed E-state index contributed by atoms with van der Waals surface area (Å²) in [4.78, 5) is 2.76. The first-order valence-electron chi connectivity index (χ1n) is 14.6. The summed E-state index contributed by atoms with van der Waals surface area (Å²) in [6.45, 7) is 10.5. The number of piperidine rings is 1. The van der Waals surface area contributed by atoms with Crippen molar-refractivity contribution in [1.29, 1.82) is 0 Å². The second-order valence-corrected chi connectivity index (χ2v) is 14.1. The molecule has 7 atom stereocenters. The normalized spacial score (nSPS) is 38.4. The molecule has 0 aromatic heterocycles. The lowest BCUT2D eigenvalue weighted by Gasteiger charge is -2.75. The Morgan fingerprint density at radius 3 is 2.53 bits per heavy atom. The molecule has 1 unspecified atom stereocenters. The van der Waals surface area contributed by atoms with Crippen molar-refractivity contribution in [3.05, 3.63) is 59.2 Å². The van der Waals surface area contributed by atoms with Gasteiger partial charge in [-0.3, -0.25) is 4.90 Å². The Morgan fingerprint density at radius 1 is 1.05 bits per heavy atom. The van der Waals surface area contributed by atoms with E-state index in [2.05, 4.69) is 62.1 Å². The molecule has 4 bridgehead atoms. The van der Waals surface area contributed by atoms with Crippen LogP contribution in [0.15, 0.2) is 42.5 Å². The standard InChI is InChI=1S/C33H43NO4/c1-29(2,3)30(4,36)24-20-31-14-15-33(24,37-5)28-32(31)16-18-34(17-13-21-9-7-6-8-10-21)25(31)19-22-11-12-23(35)27(38-28)26(22)32/h6-12,24-25,28,35-36H,13-20H2,1-5H3/t24-,25-,28-,30?,31-,32+,33-/m1/s1. The molecule has 2 aliphatic heterocycles. The number of ether oxygens (including phenoxy) is 2. The number of hydrogen-bond acceptors (Lipinski definition) is 5. The second-order valence-electron chi connectivity index (χ2n) is 14.1. The van der Waals surface area contributed by atoms with Gasteiger partial charge in [-0.1, -0.05) is 57.2 Å². The Balaban J connectivity index is 1.39. The monoisotopic (exact) mass is 517 g/mol. The summed E-state index contributed by atoms with van der Waals surface area (Å²) >= 11 is 0. The predicted molar refractivity (Wildman–Crippen MR) is 148 cm³/mol. The number of benzene rings is 2. The third-order valence-corrected chi connectivity index (χ3v) is 12.2. The fourth-order valence-electron chi connectivity index (χ4n) is 9.91. The van der Waals surface area contributed by atoms with Crippen LogP contribution in [0.4, 0.5) is 0 Å². The fourth-order valence-corrected chi connectivity index (χ4v) is 9.91. The topological polar surface area (TPSA) is 62.2 Å². The van der Waals surface area contributed by atoms with Gasteiger partial charge in [0.15, 0.2) is 11.5 Å². The molecule has 2 heterocycles. The zero-order chi connectivity index (χ0) is 26.7. The highest BCUT2D eigenvalue weighted by molar-refractivity contribution is 5.63. The smallest absolute Gasteiger partial charge is 0.165 e. The molecule has 1 saturated heterocycles. The number of aromatic hydroxyl groups is 1. The SMILES string of the molecule is CO[C@]12CC[C@@]3(C[C@@H]1C(C)(O)C(C)(C)C)[C@H]1Cc4ccc(O)c5c4[C@@]3(CCN1CCc1ccccc1)[C@H]2O5. The van der Waals surface area contributed by atoms with Gasteiger partial charge in [-0.15, -0.1) is 0 Å². The summed E-state index contributed by atoms with van der Waals surface area (Å²) < 4.78 is 13.5. The van der Waals surface area contributed by atoms with Gasteiger partial charge in [-0.2, -0.15) is 0 Å². The lowest BCUT2D eigenvalue weighted by atomic mass is 9.33. The minimum absolute atomic E-state index is 0.0289. The molecule has 4 aliphatic carbocycles. The van der Waals surface area contributed by atoms with Gasteiger partial charge in [0.2, 0.25) is 0 Å². The van der Waals surface area contributed by atoms with E-state index in [1.54, 1.807) is 0 Å². The number of rotatable bonds is 5. The van der Waals surface area contributed by atoms with Crippen LogP contribution in [-0.2, 0) is 23.0 Å². The van der Waals surface area contributed by atoms with Gasteiger partial charge >= 0.3 is 0 Å². The van der Waals surface area contributed by atoms with Gasteiger partial charge in [0.25, 0.3) is 0 Å². The fraction of sp³-hybridized carbons (Fsp3) is 0.636. The molecule has 204 valence electrons. The number of hydrogen-bond donors (Lipinski definition) is 2. The maximum Gasteiger partial charge on any atom is 0.165 e. The van der Waals surface area contributed by atoms with Gasteiger partial charge in [0, 0.05) is 42.0 Å². The number of fused-ring (bicyclic) bond motifs is 2. The van der Waals surface area contributed by atoms with Crippen LogP contribution in [0.3, 0.4) is 0 Å². The first-order chi connectivity index (χ1) is 18.0. The van der Waals surface area contributed by atoms with Crippen molar-refractivity contribution in [2.75, 3.05) is 20.2 Å². The van der Waals surface area contributed by atoms with Crippen molar-refractivity contribution in [2.45, 2.75) is 95.0 Å². The second kappa shape index (κ2) is 7.77. The molecular formula is C33H43NO4. The highest BCUT2D eigenvalue weighted by atomic mass is 16.6. The highest BCUT2D eigenvalue weighted by Crippen LogP contribution is 2.78. The minimum atomic E-state index is -0.943. The van der Waals surface area contributed by atoms with E-state index in [0.29, 0.717) is 11.8 Å². The van der Waals surface area contributed by atoms with Crippen molar-refractivity contribution in [3.8, 4) is 11.5 Å².